The van der Waals surface area contributed by atoms with E-state index in [1.54, 1.807) is 18.0 Å². The quantitative estimate of drug-likeness (QED) is 0.107. The van der Waals surface area contributed by atoms with Crippen molar-refractivity contribution in [3.63, 3.8) is 0 Å². The monoisotopic (exact) mass is 837 g/mol. The Bertz CT molecular complexity index is 2330. The number of H-pyrrole nitrogens is 2. The molecule has 4 heterocycles. The van der Waals surface area contributed by atoms with Crippen molar-refractivity contribution in [2.75, 3.05) is 45.8 Å². The van der Waals surface area contributed by atoms with E-state index in [4.69, 9.17) is 19.2 Å². The molecule has 0 spiro atoms. The Balaban J connectivity index is 1.03. The van der Waals surface area contributed by atoms with Crippen LogP contribution in [0.25, 0.3) is 44.5 Å². The number of aromatic amines is 2. The average Bonchev–Trinajstić information content (AvgIpc) is 4.10. The maximum atomic E-state index is 13.8. The van der Waals surface area contributed by atoms with Crippen LogP contribution in [0.1, 0.15) is 57.3 Å². The molecule has 0 bridgehead atoms. The number of nitrogens with zero attached hydrogens (tertiary/aromatic N) is 4. The van der Waals surface area contributed by atoms with Gasteiger partial charge in [0.2, 0.25) is 11.8 Å². The van der Waals surface area contributed by atoms with Gasteiger partial charge in [-0.1, -0.05) is 68.4 Å². The van der Waals surface area contributed by atoms with Gasteiger partial charge in [-0.25, -0.2) is 19.6 Å². The van der Waals surface area contributed by atoms with Crippen molar-refractivity contribution in [1.29, 1.82) is 0 Å². The number of imidazole rings is 2. The fourth-order valence-corrected chi connectivity index (χ4v) is 9.74. The number of fused-ring (bicyclic) bond motifs is 1. The first-order valence-corrected chi connectivity index (χ1v) is 22.0. The fourth-order valence-electron chi connectivity index (χ4n) is 7.97. The van der Waals surface area contributed by atoms with Crippen LogP contribution in [0.3, 0.4) is 0 Å². The Labute approximate surface area is 352 Å². The first-order valence-electron chi connectivity index (χ1n) is 20.1. The molecule has 3 aromatic carbocycles. The molecule has 4 N–H and O–H groups in total. The zero-order valence-corrected chi connectivity index (χ0v) is 35.8. The lowest BCUT2D eigenvalue weighted by molar-refractivity contribution is -0.137. The summed E-state index contributed by atoms with van der Waals surface area (Å²) in [5, 5.41) is 5.35. The van der Waals surface area contributed by atoms with Crippen LogP contribution in [0.2, 0.25) is 0 Å². The summed E-state index contributed by atoms with van der Waals surface area (Å²) in [4.78, 5) is 71.6. The standard InChI is InChI=1S/C44H52N8O7S/c1-25(2)37(49-43(55)58-5)41(53)52-24-60(7)23-36(52)40-46-32-19-18-31(21-33(32)47-40)29-12-10-27(11-13-29)28-14-16-30(17-15-28)34-22-45-39(48-34)35-9-8-20-51(35)42(54)38(26(3)57-4)50-44(56)59-6/h10-19,21-22,25-26,35-38H,8-9,20,23-24H2,1-7H3,(H3-,45,46,47,48,49,50,55,56)/p+1/t26?,35-,36-,37-,38-,60?/m0/s1. The second-order valence-electron chi connectivity index (χ2n) is 15.7. The number of nitrogens with one attached hydrogen (secondary N) is 4. The third kappa shape index (κ3) is 8.84. The van der Waals surface area contributed by atoms with Crippen LogP contribution >= 0.6 is 0 Å². The van der Waals surface area contributed by atoms with Crippen LogP contribution in [-0.2, 0) is 34.7 Å². The Kier molecular flexibility index (Phi) is 12.8. The summed E-state index contributed by atoms with van der Waals surface area (Å²) in [6.07, 6.45) is 3.63. The molecule has 2 unspecified atom stereocenters. The second-order valence-corrected chi connectivity index (χ2v) is 17.8. The predicted molar refractivity (Wildman–Crippen MR) is 231 cm³/mol. The van der Waals surface area contributed by atoms with Crippen molar-refractivity contribution in [2.24, 2.45) is 5.92 Å². The first-order chi connectivity index (χ1) is 28.9. The Morgan fingerprint density at radius 1 is 0.750 bits per heavy atom. The largest absolute Gasteiger partial charge is 0.453 e. The van der Waals surface area contributed by atoms with E-state index in [0.29, 0.717) is 18.2 Å². The van der Waals surface area contributed by atoms with E-state index in [9.17, 15) is 19.2 Å². The minimum absolute atomic E-state index is 0.0219. The summed E-state index contributed by atoms with van der Waals surface area (Å²) < 4.78 is 14.9. The van der Waals surface area contributed by atoms with E-state index >= 15 is 0 Å². The Morgan fingerprint density at radius 3 is 1.95 bits per heavy atom. The molecule has 4 amide bonds. The molecule has 15 nitrogen and oxygen atoms in total. The van der Waals surface area contributed by atoms with Crippen LogP contribution in [-0.4, -0.2) is 118 Å². The topological polar surface area (TPSA) is 184 Å². The van der Waals surface area contributed by atoms with Crippen molar-refractivity contribution in [3.8, 4) is 33.5 Å². The number of hydrogen-bond donors (Lipinski definition) is 4. The number of rotatable bonds is 12. The van der Waals surface area contributed by atoms with Gasteiger partial charge >= 0.3 is 12.2 Å². The van der Waals surface area contributed by atoms with Crippen molar-refractivity contribution in [1.82, 2.24) is 40.4 Å². The van der Waals surface area contributed by atoms with Gasteiger partial charge in [0.25, 0.3) is 0 Å². The van der Waals surface area contributed by atoms with Gasteiger partial charge in [0.15, 0.2) is 5.88 Å². The SMILES string of the molecule is COC(=O)N[C@H](C(=O)N1C[S+](C)C[C@H]1c1nc2ccc(-c3ccc(-c4ccc(-c5cnc([C@@H]6CCCN6C(=O)[C@@H](NC(=O)OC)C(C)OC)[nH]5)cc4)cc3)cc2[nH]1)C(C)C. The van der Waals surface area contributed by atoms with Gasteiger partial charge in [-0.05, 0) is 65.6 Å². The van der Waals surface area contributed by atoms with Gasteiger partial charge in [-0.2, -0.15) is 0 Å². The number of amides is 4. The zero-order valence-electron chi connectivity index (χ0n) is 35.0. The number of ether oxygens (including phenoxy) is 3. The van der Waals surface area contributed by atoms with E-state index in [1.165, 1.54) is 21.3 Å². The molecule has 0 saturated carbocycles. The number of benzene rings is 3. The molecule has 2 saturated heterocycles. The lowest BCUT2D eigenvalue weighted by atomic mass is 9.99. The molecular weight excluding hydrogens is 785 g/mol. The summed E-state index contributed by atoms with van der Waals surface area (Å²) in [7, 11) is 4.03. The molecule has 7 rings (SSSR count). The number of aromatic nitrogens is 4. The summed E-state index contributed by atoms with van der Waals surface area (Å²) in [6.45, 7) is 6.10. The van der Waals surface area contributed by atoms with E-state index < -0.39 is 30.4 Å². The van der Waals surface area contributed by atoms with Crippen molar-refractivity contribution in [2.45, 2.75) is 63.9 Å². The minimum atomic E-state index is -0.895. The lowest BCUT2D eigenvalue weighted by Crippen LogP contribution is -2.54. The molecule has 6 atom stereocenters. The van der Waals surface area contributed by atoms with Gasteiger partial charge in [0.1, 0.15) is 35.5 Å². The highest BCUT2D eigenvalue weighted by molar-refractivity contribution is 7.96. The summed E-state index contributed by atoms with van der Waals surface area (Å²) in [5.41, 5.74) is 7.76. The second kappa shape index (κ2) is 18.2. The van der Waals surface area contributed by atoms with Crippen LogP contribution in [0.15, 0.2) is 72.9 Å². The average molecular weight is 838 g/mol. The Hall–Kier alpha value is -5.87. The van der Waals surface area contributed by atoms with Crippen molar-refractivity contribution < 1.29 is 33.4 Å². The van der Waals surface area contributed by atoms with E-state index in [-0.39, 0.29) is 40.7 Å². The molecule has 5 aromatic rings. The third-order valence-corrected chi connectivity index (χ3v) is 13.0. The highest BCUT2D eigenvalue weighted by atomic mass is 32.2. The molecule has 60 heavy (non-hydrogen) atoms. The summed E-state index contributed by atoms with van der Waals surface area (Å²) in [6, 6.07) is 20.8. The highest BCUT2D eigenvalue weighted by Gasteiger charge is 2.45. The minimum Gasteiger partial charge on any atom is -0.453 e. The fraction of sp³-hybridized carbons (Fsp3) is 0.409. The Morgan fingerprint density at radius 2 is 1.33 bits per heavy atom. The number of likely N-dealkylation sites (tertiary alicyclic amines) is 1. The van der Waals surface area contributed by atoms with Crippen LogP contribution in [0.4, 0.5) is 9.59 Å². The molecule has 2 fully saturated rings. The molecule has 16 heteroatoms. The van der Waals surface area contributed by atoms with Gasteiger partial charge in [0.05, 0.1) is 55.5 Å². The first kappa shape index (κ1) is 42.3. The summed E-state index contributed by atoms with van der Waals surface area (Å²) in [5.74, 6) is 2.34. The number of hydrogen-bond acceptors (Lipinski definition) is 9. The summed E-state index contributed by atoms with van der Waals surface area (Å²) >= 11 is 0. The molecule has 0 radical (unpaired) electrons. The highest BCUT2D eigenvalue weighted by Crippen LogP contribution is 2.35. The molecular formula is C44H53N8O7S+. The van der Waals surface area contributed by atoms with Gasteiger partial charge in [-0.3, -0.25) is 14.5 Å². The molecule has 2 aliphatic heterocycles. The molecule has 2 aliphatic rings. The lowest BCUT2D eigenvalue weighted by Gasteiger charge is -2.30. The third-order valence-electron chi connectivity index (χ3n) is 11.4. The maximum absolute atomic E-state index is 13.8. The number of methoxy groups -OCH3 is 3. The molecule has 0 aliphatic carbocycles. The van der Waals surface area contributed by atoms with Crippen LogP contribution in [0.5, 0.6) is 0 Å². The smallest absolute Gasteiger partial charge is 0.407 e. The molecule has 316 valence electrons. The van der Waals surface area contributed by atoms with Crippen LogP contribution < -0.4 is 10.6 Å². The number of carbonyl (C=O) groups excluding carboxylic acids is 4. The number of carbonyl (C=O) groups is 4. The predicted octanol–water partition coefficient (Wildman–Crippen LogP) is 6.18. The van der Waals surface area contributed by atoms with Crippen molar-refractivity contribution in [3.05, 3.63) is 84.6 Å². The van der Waals surface area contributed by atoms with Crippen molar-refractivity contribution >= 4 is 45.9 Å². The van der Waals surface area contributed by atoms with Crippen LogP contribution in [0, 0.1) is 5.92 Å². The van der Waals surface area contributed by atoms with E-state index in [2.05, 4.69) is 92.5 Å². The van der Waals surface area contributed by atoms with Gasteiger partial charge < -0.3 is 39.7 Å². The van der Waals surface area contributed by atoms with E-state index in [0.717, 1.165) is 69.0 Å². The van der Waals surface area contributed by atoms with Gasteiger partial charge in [-0.15, -0.1) is 0 Å². The van der Waals surface area contributed by atoms with Gasteiger partial charge in [0, 0.05) is 24.5 Å². The maximum Gasteiger partial charge on any atom is 0.407 e. The number of alkyl carbamates (subject to hydrolysis) is 2. The molecule has 2 aromatic heterocycles. The van der Waals surface area contributed by atoms with E-state index in [1.807, 2.05) is 24.8 Å². The normalized spacial score (nSPS) is 19.3. The zero-order chi connectivity index (χ0) is 42.7.